The lowest BCUT2D eigenvalue weighted by Gasteiger charge is -2.17. The Morgan fingerprint density at radius 2 is 1.96 bits per heavy atom. The van der Waals surface area contributed by atoms with Crippen LogP contribution in [0.3, 0.4) is 0 Å². The first-order chi connectivity index (χ1) is 12.4. The van der Waals surface area contributed by atoms with E-state index in [-0.39, 0.29) is 18.4 Å². The summed E-state index contributed by atoms with van der Waals surface area (Å²) >= 11 is 0. The number of aryl methyl sites for hydroxylation is 1. The molecule has 2 aromatic rings. The van der Waals surface area contributed by atoms with Crippen LogP contribution in [-0.4, -0.2) is 37.8 Å². The van der Waals surface area contributed by atoms with Crippen LogP contribution in [0.2, 0.25) is 0 Å². The fourth-order valence-corrected chi connectivity index (χ4v) is 3.13. The number of ether oxygens (including phenoxy) is 3. The number of benzene rings is 1. The number of hydrogen-bond donors (Lipinski definition) is 0. The van der Waals surface area contributed by atoms with Gasteiger partial charge in [0.15, 0.2) is 18.1 Å². The number of nitrogens with zero attached hydrogens (tertiary/aromatic N) is 2. The fourth-order valence-electron chi connectivity index (χ4n) is 3.13. The van der Waals surface area contributed by atoms with Crippen molar-refractivity contribution in [2.24, 2.45) is 0 Å². The van der Waals surface area contributed by atoms with Gasteiger partial charge in [0.1, 0.15) is 0 Å². The highest BCUT2D eigenvalue weighted by Crippen LogP contribution is 2.28. The molecule has 0 radical (unpaired) electrons. The highest BCUT2D eigenvalue weighted by molar-refractivity contribution is 5.98. The van der Waals surface area contributed by atoms with Crippen LogP contribution >= 0.6 is 0 Å². The molecule has 0 fully saturated rings. The van der Waals surface area contributed by atoms with Crippen molar-refractivity contribution >= 4 is 5.78 Å². The summed E-state index contributed by atoms with van der Waals surface area (Å²) in [6.07, 6.45) is 0. The maximum atomic E-state index is 12.6. The molecule has 0 N–H and O–H groups in total. The molecule has 6 heteroatoms. The molecule has 2 rings (SSSR count). The molecular formula is C20H24N2O4. The molecule has 0 bridgehead atoms. The minimum absolute atomic E-state index is 0.106. The van der Waals surface area contributed by atoms with Crippen LogP contribution in [0.4, 0.5) is 0 Å². The second-order valence-corrected chi connectivity index (χ2v) is 6.15. The minimum Gasteiger partial charge on any atom is -0.493 e. The van der Waals surface area contributed by atoms with Gasteiger partial charge >= 0.3 is 0 Å². The Labute approximate surface area is 153 Å². The molecule has 26 heavy (non-hydrogen) atoms. The first-order valence-corrected chi connectivity index (χ1v) is 8.34. The highest BCUT2D eigenvalue weighted by Gasteiger charge is 2.19. The van der Waals surface area contributed by atoms with E-state index in [2.05, 4.69) is 11.5 Å². The van der Waals surface area contributed by atoms with Crippen LogP contribution in [0.15, 0.2) is 24.3 Å². The third-order valence-corrected chi connectivity index (χ3v) is 4.28. The number of nitriles is 1. The largest absolute Gasteiger partial charge is 0.493 e. The topological polar surface area (TPSA) is 73.5 Å². The summed E-state index contributed by atoms with van der Waals surface area (Å²) in [6, 6.07) is 8.90. The van der Waals surface area contributed by atoms with Crippen LogP contribution in [0.5, 0.6) is 11.5 Å². The monoisotopic (exact) mass is 356 g/mol. The van der Waals surface area contributed by atoms with Crippen LogP contribution < -0.4 is 9.47 Å². The number of carbonyl (C=O) groups excluding carboxylic acids is 1. The Kier molecular flexibility index (Phi) is 6.42. The molecule has 0 amide bonds. The highest BCUT2D eigenvalue weighted by atomic mass is 16.5. The lowest BCUT2D eigenvalue weighted by atomic mass is 10.1. The van der Waals surface area contributed by atoms with Crippen molar-refractivity contribution in [2.45, 2.75) is 26.8 Å². The average Bonchev–Trinajstić information content (AvgIpc) is 2.94. The van der Waals surface area contributed by atoms with Crippen molar-refractivity contribution in [3.05, 3.63) is 46.8 Å². The molecule has 1 atom stereocenters. The van der Waals surface area contributed by atoms with E-state index >= 15 is 0 Å². The second-order valence-electron chi connectivity index (χ2n) is 6.15. The molecule has 1 heterocycles. The SMILES string of the molecule is COC[C@@H](C)n1c(C)cc(C(=O)COc2ccc(C#N)cc2OC)c1C. The summed E-state index contributed by atoms with van der Waals surface area (Å²) in [4.78, 5) is 12.6. The van der Waals surface area contributed by atoms with E-state index in [4.69, 9.17) is 19.5 Å². The Hall–Kier alpha value is -2.78. The average molecular weight is 356 g/mol. The van der Waals surface area contributed by atoms with Crippen molar-refractivity contribution < 1.29 is 19.0 Å². The zero-order valence-electron chi connectivity index (χ0n) is 15.8. The number of Topliss-reactive ketones (excluding diaryl/α,β-unsaturated/α-hetero) is 1. The zero-order chi connectivity index (χ0) is 19.3. The lowest BCUT2D eigenvalue weighted by molar-refractivity contribution is 0.0918. The van der Waals surface area contributed by atoms with Gasteiger partial charge in [-0.25, -0.2) is 0 Å². The number of carbonyl (C=O) groups is 1. The zero-order valence-corrected chi connectivity index (χ0v) is 15.8. The molecule has 138 valence electrons. The fraction of sp³-hybridized carbons (Fsp3) is 0.400. The third kappa shape index (κ3) is 4.06. The second kappa shape index (κ2) is 8.54. The van der Waals surface area contributed by atoms with Crippen LogP contribution in [0, 0.1) is 25.2 Å². The van der Waals surface area contributed by atoms with E-state index in [1.807, 2.05) is 26.0 Å². The van der Waals surface area contributed by atoms with E-state index in [0.717, 1.165) is 11.4 Å². The minimum atomic E-state index is -0.111. The van der Waals surface area contributed by atoms with Gasteiger partial charge in [-0.2, -0.15) is 5.26 Å². The van der Waals surface area contributed by atoms with E-state index < -0.39 is 0 Å². The molecule has 0 aliphatic rings. The summed E-state index contributed by atoms with van der Waals surface area (Å²) in [5.41, 5.74) is 3.01. The molecule has 1 aromatic carbocycles. The van der Waals surface area contributed by atoms with Gasteiger partial charge in [-0.1, -0.05) is 0 Å². The van der Waals surface area contributed by atoms with Gasteiger partial charge in [-0.3, -0.25) is 4.79 Å². The number of ketones is 1. The van der Waals surface area contributed by atoms with Gasteiger partial charge < -0.3 is 18.8 Å². The normalized spacial score (nSPS) is 11.7. The summed E-state index contributed by atoms with van der Waals surface area (Å²) in [6.45, 7) is 6.42. The van der Waals surface area contributed by atoms with E-state index in [1.54, 1.807) is 25.3 Å². The maximum Gasteiger partial charge on any atom is 0.202 e. The summed E-state index contributed by atoms with van der Waals surface area (Å²) in [5, 5.41) is 8.95. The number of hydrogen-bond acceptors (Lipinski definition) is 5. The smallest absolute Gasteiger partial charge is 0.202 e. The number of methoxy groups -OCH3 is 2. The van der Waals surface area contributed by atoms with Crippen molar-refractivity contribution in [1.82, 2.24) is 4.57 Å². The molecule has 0 saturated carbocycles. The standard InChI is InChI=1S/C20H24N2O4/c1-13-8-17(15(3)22(13)14(2)11-24-4)18(23)12-26-19-7-6-16(10-21)9-20(19)25-5/h6-9,14H,11-12H2,1-5H3/t14-/m1/s1. The van der Waals surface area contributed by atoms with E-state index in [9.17, 15) is 4.79 Å². The molecule has 6 nitrogen and oxygen atoms in total. The maximum absolute atomic E-state index is 12.6. The van der Waals surface area contributed by atoms with Gasteiger partial charge in [0.25, 0.3) is 0 Å². The third-order valence-electron chi connectivity index (χ3n) is 4.28. The molecule has 0 aliphatic heterocycles. The quantitative estimate of drug-likeness (QED) is 0.677. The van der Waals surface area contributed by atoms with Crippen molar-refractivity contribution in [3.63, 3.8) is 0 Å². The van der Waals surface area contributed by atoms with E-state index in [0.29, 0.717) is 29.2 Å². The molecule has 0 saturated heterocycles. The summed E-state index contributed by atoms with van der Waals surface area (Å²) in [7, 11) is 3.16. The first-order valence-electron chi connectivity index (χ1n) is 8.34. The van der Waals surface area contributed by atoms with Crippen molar-refractivity contribution in [2.75, 3.05) is 27.4 Å². The van der Waals surface area contributed by atoms with E-state index in [1.165, 1.54) is 7.11 Å². The lowest BCUT2D eigenvalue weighted by Crippen LogP contribution is -2.16. The van der Waals surface area contributed by atoms with Gasteiger partial charge in [-0.15, -0.1) is 0 Å². The molecule has 0 spiro atoms. The van der Waals surface area contributed by atoms with Crippen LogP contribution in [0.25, 0.3) is 0 Å². The van der Waals surface area contributed by atoms with Gasteiger partial charge in [0, 0.05) is 30.1 Å². The van der Waals surface area contributed by atoms with Crippen molar-refractivity contribution in [3.8, 4) is 17.6 Å². The van der Waals surface area contributed by atoms with Gasteiger partial charge in [0.05, 0.1) is 31.4 Å². The summed E-state index contributed by atoms with van der Waals surface area (Å²) < 4.78 is 18.2. The van der Waals surface area contributed by atoms with Gasteiger partial charge in [0.2, 0.25) is 5.78 Å². The van der Waals surface area contributed by atoms with Gasteiger partial charge in [-0.05, 0) is 39.0 Å². The number of rotatable bonds is 8. The van der Waals surface area contributed by atoms with Crippen LogP contribution in [0.1, 0.15) is 40.3 Å². The Bertz CT molecular complexity index is 833. The molecule has 0 aliphatic carbocycles. The van der Waals surface area contributed by atoms with Crippen LogP contribution in [-0.2, 0) is 4.74 Å². The molecule has 1 aromatic heterocycles. The predicted octanol–water partition coefficient (Wildman–Crippen LogP) is 3.45. The Morgan fingerprint density at radius 3 is 2.58 bits per heavy atom. The Morgan fingerprint density at radius 1 is 1.23 bits per heavy atom. The van der Waals surface area contributed by atoms with Crippen molar-refractivity contribution in [1.29, 1.82) is 5.26 Å². The number of aromatic nitrogens is 1. The Balaban J connectivity index is 2.17. The molecule has 0 unspecified atom stereocenters. The molecular weight excluding hydrogens is 332 g/mol. The first kappa shape index (κ1) is 19.5. The summed E-state index contributed by atoms with van der Waals surface area (Å²) in [5.74, 6) is 0.748. The predicted molar refractivity (Wildman–Crippen MR) is 98.0 cm³/mol.